The van der Waals surface area contributed by atoms with E-state index in [2.05, 4.69) is 11.9 Å². The van der Waals surface area contributed by atoms with Gasteiger partial charge in [0.15, 0.2) is 0 Å². The van der Waals surface area contributed by atoms with Crippen LogP contribution in [0.1, 0.15) is 18.9 Å². The van der Waals surface area contributed by atoms with Crippen LogP contribution in [0.25, 0.3) is 21.3 Å². The van der Waals surface area contributed by atoms with Crippen molar-refractivity contribution in [1.82, 2.24) is 9.55 Å². The van der Waals surface area contributed by atoms with E-state index in [1.807, 2.05) is 35.7 Å². The van der Waals surface area contributed by atoms with Crippen LogP contribution in [0, 0.1) is 0 Å². The highest BCUT2D eigenvalue weighted by Crippen LogP contribution is 2.32. The van der Waals surface area contributed by atoms with Crippen molar-refractivity contribution in [3.05, 3.63) is 80.1 Å². The second kappa shape index (κ2) is 8.57. The van der Waals surface area contributed by atoms with Crippen molar-refractivity contribution in [3.63, 3.8) is 0 Å². The summed E-state index contributed by atoms with van der Waals surface area (Å²) in [5, 5.41) is 3.68. The number of thiophene rings is 1. The lowest BCUT2D eigenvalue weighted by Gasteiger charge is -2.09. The minimum Gasteiger partial charge on any atom is -0.494 e. The average molecular weight is 445 g/mol. The first-order chi connectivity index (χ1) is 14.1. The van der Waals surface area contributed by atoms with Gasteiger partial charge < -0.3 is 4.74 Å². The van der Waals surface area contributed by atoms with Gasteiger partial charge in [-0.25, -0.2) is 4.98 Å². The van der Waals surface area contributed by atoms with E-state index in [9.17, 15) is 4.79 Å². The minimum atomic E-state index is -0.0939. The lowest BCUT2D eigenvalue weighted by atomic mass is 10.1. The smallest absolute Gasteiger partial charge is 0.263 e. The molecule has 0 amide bonds. The predicted molar refractivity (Wildman–Crippen MR) is 121 cm³/mol. The van der Waals surface area contributed by atoms with E-state index < -0.39 is 0 Å². The monoisotopic (exact) mass is 444 g/mol. The zero-order chi connectivity index (χ0) is 20.4. The fourth-order valence-corrected chi connectivity index (χ4v) is 4.45. The fraction of sp³-hybridized carbons (Fsp3) is 0.182. The van der Waals surface area contributed by atoms with Crippen LogP contribution < -0.4 is 10.3 Å². The topological polar surface area (TPSA) is 44.1 Å². The van der Waals surface area contributed by atoms with Crippen LogP contribution in [0.2, 0.25) is 10.0 Å². The Kier molecular flexibility index (Phi) is 5.90. The van der Waals surface area contributed by atoms with Gasteiger partial charge in [-0.05, 0) is 41.8 Å². The molecule has 0 unspecified atom stereocenters. The number of halogens is 2. The second-order valence-corrected chi connectivity index (χ2v) is 8.32. The van der Waals surface area contributed by atoms with Crippen LogP contribution in [-0.2, 0) is 6.54 Å². The quantitative estimate of drug-likeness (QED) is 0.351. The molecule has 0 atom stereocenters. The van der Waals surface area contributed by atoms with Gasteiger partial charge in [-0.15, -0.1) is 11.3 Å². The number of aromatic nitrogens is 2. The van der Waals surface area contributed by atoms with Gasteiger partial charge >= 0.3 is 0 Å². The Hall–Kier alpha value is -2.34. The van der Waals surface area contributed by atoms with Gasteiger partial charge in [-0.3, -0.25) is 9.36 Å². The lowest BCUT2D eigenvalue weighted by Crippen LogP contribution is -2.21. The molecule has 4 nitrogen and oxygen atoms in total. The summed E-state index contributed by atoms with van der Waals surface area (Å²) in [6, 6.07) is 13.1. The molecule has 0 N–H and O–H groups in total. The molecule has 0 aliphatic carbocycles. The standard InChI is InChI=1S/C22H18Cl2N2O2S/c1-2-9-28-17-7-4-14(5-8-17)18-12-29-21-20(18)22(27)26(13-25-21)11-15-3-6-16(23)10-19(15)24/h3-8,10,12-13H,2,9,11H2,1H3. The van der Waals surface area contributed by atoms with E-state index >= 15 is 0 Å². The number of rotatable bonds is 6. The molecule has 148 valence electrons. The van der Waals surface area contributed by atoms with Gasteiger partial charge in [-0.1, -0.05) is 48.3 Å². The molecule has 7 heteroatoms. The summed E-state index contributed by atoms with van der Waals surface area (Å²) in [4.78, 5) is 18.4. The highest BCUT2D eigenvalue weighted by molar-refractivity contribution is 7.17. The number of ether oxygens (including phenoxy) is 1. The average Bonchev–Trinajstić information content (AvgIpc) is 3.15. The van der Waals surface area contributed by atoms with E-state index in [0.717, 1.165) is 33.7 Å². The first-order valence-corrected chi connectivity index (χ1v) is 10.8. The summed E-state index contributed by atoms with van der Waals surface area (Å²) in [5.41, 5.74) is 2.56. The van der Waals surface area contributed by atoms with Crippen LogP contribution in [0.4, 0.5) is 0 Å². The number of hydrogen-bond donors (Lipinski definition) is 0. The molecule has 0 fully saturated rings. The molecule has 0 saturated carbocycles. The van der Waals surface area contributed by atoms with Gasteiger partial charge in [0.2, 0.25) is 0 Å². The summed E-state index contributed by atoms with van der Waals surface area (Å²) >= 11 is 13.7. The third-order valence-corrected chi connectivity index (χ3v) is 6.03. The van der Waals surface area contributed by atoms with Crippen molar-refractivity contribution < 1.29 is 4.74 Å². The maximum Gasteiger partial charge on any atom is 0.263 e. The summed E-state index contributed by atoms with van der Waals surface area (Å²) in [6.07, 6.45) is 2.53. The second-order valence-electron chi connectivity index (χ2n) is 6.62. The maximum absolute atomic E-state index is 13.2. The van der Waals surface area contributed by atoms with E-state index in [1.54, 1.807) is 23.0 Å². The van der Waals surface area contributed by atoms with Crippen molar-refractivity contribution in [2.45, 2.75) is 19.9 Å². The van der Waals surface area contributed by atoms with Crippen LogP contribution in [-0.4, -0.2) is 16.2 Å². The molecule has 0 spiro atoms. The molecular formula is C22H18Cl2N2O2S. The molecule has 2 aromatic heterocycles. The number of nitrogens with zero attached hydrogens (tertiary/aromatic N) is 2. The minimum absolute atomic E-state index is 0.0939. The first-order valence-electron chi connectivity index (χ1n) is 9.20. The Bertz CT molecular complexity index is 1220. The van der Waals surface area contributed by atoms with E-state index in [4.69, 9.17) is 27.9 Å². The molecule has 0 saturated heterocycles. The summed E-state index contributed by atoms with van der Waals surface area (Å²) in [5.74, 6) is 0.822. The van der Waals surface area contributed by atoms with E-state index in [-0.39, 0.29) is 5.56 Å². The number of fused-ring (bicyclic) bond motifs is 1. The van der Waals surface area contributed by atoms with Crippen molar-refractivity contribution in [3.8, 4) is 16.9 Å². The highest BCUT2D eigenvalue weighted by Gasteiger charge is 2.14. The predicted octanol–water partition coefficient (Wildman–Crippen LogP) is 6.27. The molecule has 4 rings (SSSR count). The highest BCUT2D eigenvalue weighted by atomic mass is 35.5. The van der Waals surface area contributed by atoms with Gasteiger partial charge in [0.25, 0.3) is 5.56 Å². The third kappa shape index (κ3) is 4.17. The van der Waals surface area contributed by atoms with Crippen LogP contribution in [0.15, 0.2) is 59.0 Å². The van der Waals surface area contributed by atoms with Gasteiger partial charge in [0, 0.05) is 21.0 Å². The zero-order valence-electron chi connectivity index (χ0n) is 15.7. The van der Waals surface area contributed by atoms with Crippen LogP contribution in [0.3, 0.4) is 0 Å². The fourth-order valence-electron chi connectivity index (χ4n) is 3.08. The molecule has 29 heavy (non-hydrogen) atoms. The molecule has 4 aromatic rings. The maximum atomic E-state index is 13.2. The molecular weight excluding hydrogens is 427 g/mol. The third-order valence-electron chi connectivity index (χ3n) is 4.55. The van der Waals surface area contributed by atoms with Crippen molar-refractivity contribution in [2.75, 3.05) is 6.61 Å². The normalized spacial score (nSPS) is 11.1. The zero-order valence-corrected chi connectivity index (χ0v) is 18.0. The Labute approximate surface area is 182 Å². The van der Waals surface area contributed by atoms with E-state index in [0.29, 0.717) is 28.6 Å². The Morgan fingerprint density at radius 1 is 1.14 bits per heavy atom. The molecule has 0 aliphatic heterocycles. The molecule has 0 bridgehead atoms. The number of hydrogen-bond acceptors (Lipinski definition) is 4. The van der Waals surface area contributed by atoms with Crippen LogP contribution >= 0.6 is 34.5 Å². The molecule has 2 heterocycles. The summed E-state index contributed by atoms with van der Waals surface area (Å²) in [7, 11) is 0. The first kappa shape index (κ1) is 20.0. The van der Waals surface area contributed by atoms with Gasteiger partial charge in [-0.2, -0.15) is 0 Å². The Morgan fingerprint density at radius 3 is 2.66 bits per heavy atom. The summed E-state index contributed by atoms with van der Waals surface area (Å²) in [6.45, 7) is 3.08. The molecule has 0 aliphatic rings. The van der Waals surface area contributed by atoms with Crippen molar-refractivity contribution >= 4 is 44.8 Å². The Morgan fingerprint density at radius 2 is 1.93 bits per heavy atom. The van der Waals surface area contributed by atoms with Crippen molar-refractivity contribution in [2.24, 2.45) is 0 Å². The summed E-state index contributed by atoms with van der Waals surface area (Å²) < 4.78 is 7.22. The van der Waals surface area contributed by atoms with Crippen LogP contribution in [0.5, 0.6) is 5.75 Å². The molecule has 2 aromatic carbocycles. The number of benzene rings is 2. The van der Waals surface area contributed by atoms with Gasteiger partial charge in [0.05, 0.1) is 24.9 Å². The van der Waals surface area contributed by atoms with Crippen molar-refractivity contribution in [1.29, 1.82) is 0 Å². The Balaban J connectivity index is 1.72. The van der Waals surface area contributed by atoms with Gasteiger partial charge in [0.1, 0.15) is 10.6 Å². The largest absolute Gasteiger partial charge is 0.494 e. The lowest BCUT2D eigenvalue weighted by molar-refractivity contribution is 0.317. The SMILES string of the molecule is CCCOc1ccc(-c2csc3ncn(Cc4ccc(Cl)cc4Cl)c(=O)c23)cc1. The molecule has 0 radical (unpaired) electrons. The van der Waals surface area contributed by atoms with E-state index in [1.165, 1.54) is 11.3 Å².